The molecule has 302 valence electrons. The van der Waals surface area contributed by atoms with E-state index in [0.29, 0.717) is 18.2 Å². The van der Waals surface area contributed by atoms with E-state index < -0.39 is 6.85 Å². The first-order valence-corrected chi connectivity index (χ1v) is 21.2. The van der Waals surface area contributed by atoms with Gasteiger partial charge in [0.2, 0.25) is 0 Å². The maximum Gasteiger partial charge on any atom is 0.137 e. The molecule has 12 rings (SSSR count). The van der Waals surface area contributed by atoms with Gasteiger partial charge in [-0.05, 0) is 96.2 Å². The third-order valence-corrected chi connectivity index (χ3v) is 13.0. The Morgan fingerprint density at radius 3 is 1.81 bits per heavy atom. The van der Waals surface area contributed by atoms with Gasteiger partial charge in [0.15, 0.2) is 0 Å². The molecule has 0 spiro atoms. The topological polar surface area (TPSA) is 43.4 Å². The second kappa shape index (κ2) is 13.2. The second-order valence-electron chi connectivity index (χ2n) is 17.7. The summed E-state index contributed by atoms with van der Waals surface area (Å²) < 4.78 is 38.0. The van der Waals surface area contributed by atoms with Gasteiger partial charge in [-0.2, -0.15) is 0 Å². The lowest BCUT2D eigenvalue weighted by Gasteiger charge is -2.27. The molecule has 0 saturated heterocycles. The van der Waals surface area contributed by atoms with E-state index in [-0.39, 0.29) is 11.0 Å². The van der Waals surface area contributed by atoms with Gasteiger partial charge in [-0.3, -0.25) is 4.57 Å². The maximum atomic E-state index is 8.11. The molecule has 4 aromatic heterocycles. The zero-order valence-corrected chi connectivity index (χ0v) is 35.3. The number of aryl methyl sites for hydroxylation is 3. The Balaban J connectivity index is 1.01. The van der Waals surface area contributed by atoms with Gasteiger partial charge >= 0.3 is 0 Å². The summed E-state index contributed by atoms with van der Waals surface area (Å²) in [5.41, 5.74) is 12.3. The van der Waals surface area contributed by atoms with E-state index in [1.807, 2.05) is 34.9 Å². The van der Waals surface area contributed by atoms with Crippen LogP contribution in [0, 0.1) is 6.85 Å². The molecule has 0 radical (unpaired) electrons. The van der Waals surface area contributed by atoms with Gasteiger partial charge in [0.25, 0.3) is 0 Å². The molecule has 62 heavy (non-hydrogen) atoms. The van der Waals surface area contributed by atoms with E-state index in [2.05, 4.69) is 168 Å². The van der Waals surface area contributed by atoms with Crippen molar-refractivity contribution >= 4 is 88.2 Å². The van der Waals surface area contributed by atoms with Gasteiger partial charge in [0.05, 0.1) is 39.1 Å². The van der Waals surface area contributed by atoms with Crippen LogP contribution in [0.1, 0.15) is 36.0 Å². The Morgan fingerprint density at radius 1 is 0.548 bits per heavy atom. The Kier molecular flexibility index (Phi) is 7.10. The van der Waals surface area contributed by atoms with Crippen molar-refractivity contribution in [1.82, 2.24) is 18.7 Å². The van der Waals surface area contributed by atoms with Crippen LogP contribution in [0.4, 0.5) is 22.7 Å². The van der Waals surface area contributed by atoms with E-state index in [0.717, 1.165) is 50.2 Å². The summed E-state index contributed by atoms with van der Waals surface area (Å²) >= 11 is 0. The molecule has 1 aliphatic heterocycles. The number of hydrogen-bond donors (Lipinski definition) is 0. The molecular formula is C55H46N6O. The van der Waals surface area contributed by atoms with Crippen LogP contribution in [-0.2, 0) is 19.5 Å². The predicted molar refractivity (Wildman–Crippen MR) is 259 cm³/mol. The normalized spacial score (nSPS) is 14.1. The van der Waals surface area contributed by atoms with Crippen molar-refractivity contribution in [3.63, 3.8) is 0 Å². The van der Waals surface area contributed by atoms with Gasteiger partial charge in [-0.15, -0.1) is 0 Å². The summed E-state index contributed by atoms with van der Waals surface area (Å²) in [4.78, 5) is 9.59. The first kappa shape index (κ1) is 33.2. The van der Waals surface area contributed by atoms with Crippen molar-refractivity contribution in [2.45, 2.75) is 33.0 Å². The van der Waals surface area contributed by atoms with Gasteiger partial charge in [-0.1, -0.05) is 87.5 Å². The minimum Gasteiger partial charge on any atom is -0.457 e. The first-order valence-electron chi connectivity index (χ1n) is 22.7. The Labute approximate surface area is 364 Å². The molecule has 11 aromatic rings. The molecule has 1 aliphatic rings. The Morgan fingerprint density at radius 2 is 1.15 bits per heavy atom. The van der Waals surface area contributed by atoms with Gasteiger partial charge < -0.3 is 23.7 Å². The SMILES string of the molecule is [2H]C([2H])([2H])c1ccnc(-n2c3ccccc3c3ccc(Oc4cc(N5CN(c6c7c(cc8c9ccccc9n(C)c68)c6ccccc6n7C)c6ccccc65)cc(C(C)(C)C)c4)cc32)c1. The summed E-state index contributed by atoms with van der Waals surface area (Å²) in [6.07, 6.45) is 1.57. The lowest BCUT2D eigenvalue weighted by molar-refractivity contribution is 0.479. The van der Waals surface area contributed by atoms with Crippen LogP contribution >= 0.6 is 0 Å². The number of benzene rings is 7. The minimum atomic E-state index is -2.26. The molecule has 0 fully saturated rings. The van der Waals surface area contributed by atoms with E-state index in [9.17, 15) is 0 Å². The van der Waals surface area contributed by atoms with Crippen molar-refractivity contribution < 1.29 is 8.85 Å². The number of para-hydroxylation sites is 5. The number of fused-ring (bicyclic) bond motifs is 10. The molecule has 7 nitrogen and oxygen atoms in total. The minimum absolute atomic E-state index is 0.188. The number of rotatable bonds is 5. The van der Waals surface area contributed by atoms with Crippen LogP contribution in [0.25, 0.3) is 71.2 Å². The highest BCUT2D eigenvalue weighted by molar-refractivity contribution is 6.25. The molecule has 0 N–H and O–H groups in total. The highest BCUT2D eigenvalue weighted by Crippen LogP contribution is 2.51. The molecule has 7 aromatic carbocycles. The summed E-state index contributed by atoms with van der Waals surface area (Å²) in [5.74, 6) is 1.92. The van der Waals surface area contributed by atoms with Gasteiger partial charge in [0.1, 0.15) is 24.0 Å². The van der Waals surface area contributed by atoms with Crippen molar-refractivity contribution in [1.29, 1.82) is 0 Å². The molecular weight excluding hydrogens is 761 g/mol. The van der Waals surface area contributed by atoms with Crippen molar-refractivity contribution in [3.05, 3.63) is 169 Å². The van der Waals surface area contributed by atoms with Crippen LogP contribution in [-0.4, -0.2) is 25.4 Å². The highest BCUT2D eigenvalue weighted by Gasteiger charge is 2.33. The van der Waals surface area contributed by atoms with E-state index in [4.69, 9.17) is 8.85 Å². The van der Waals surface area contributed by atoms with Crippen LogP contribution in [0.3, 0.4) is 0 Å². The zero-order chi connectivity index (χ0) is 44.5. The number of anilines is 4. The van der Waals surface area contributed by atoms with E-state index >= 15 is 0 Å². The largest absolute Gasteiger partial charge is 0.457 e. The van der Waals surface area contributed by atoms with Gasteiger partial charge in [-0.25, -0.2) is 4.98 Å². The van der Waals surface area contributed by atoms with Crippen LogP contribution < -0.4 is 14.5 Å². The van der Waals surface area contributed by atoms with Crippen molar-refractivity contribution in [3.8, 4) is 17.3 Å². The quantitative estimate of drug-likeness (QED) is 0.174. The van der Waals surface area contributed by atoms with E-state index in [1.165, 1.54) is 49.3 Å². The monoisotopic (exact) mass is 809 g/mol. The highest BCUT2D eigenvalue weighted by atomic mass is 16.5. The average Bonchev–Trinajstić information content (AvgIpc) is 4.02. The van der Waals surface area contributed by atoms with Crippen LogP contribution in [0.15, 0.2) is 158 Å². The first-order chi connectivity index (χ1) is 31.3. The number of hydrogen-bond acceptors (Lipinski definition) is 4. The number of aromatic nitrogens is 4. The maximum absolute atomic E-state index is 8.11. The number of ether oxygens (including phenoxy) is 1. The fourth-order valence-electron chi connectivity index (χ4n) is 10.0. The molecule has 5 heterocycles. The number of nitrogens with zero attached hydrogens (tertiary/aromatic N) is 6. The fourth-order valence-corrected chi connectivity index (χ4v) is 10.0. The second-order valence-corrected chi connectivity index (χ2v) is 17.7. The summed E-state index contributed by atoms with van der Waals surface area (Å²) in [6.45, 7) is 5.03. The molecule has 7 heteroatoms. The van der Waals surface area contributed by atoms with Crippen LogP contribution in [0.2, 0.25) is 0 Å². The van der Waals surface area contributed by atoms with Crippen molar-refractivity contribution in [2.24, 2.45) is 14.1 Å². The lowest BCUT2D eigenvalue weighted by atomic mass is 9.86. The third-order valence-electron chi connectivity index (χ3n) is 13.0. The predicted octanol–water partition coefficient (Wildman–Crippen LogP) is 14.1. The average molecular weight is 810 g/mol. The van der Waals surface area contributed by atoms with Crippen molar-refractivity contribution in [2.75, 3.05) is 16.5 Å². The molecule has 0 saturated carbocycles. The smallest absolute Gasteiger partial charge is 0.137 e. The molecule has 0 amide bonds. The Bertz CT molecular complexity index is 3660. The lowest BCUT2D eigenvalue weighted by Crippen LogP contribution is -2.25. The summed E-state index contributed by atoms with van der Waals surface area (Å²) in [5, 5.41) is 7.02. The fraction of sp³-hybridized carbons (Fsp3) is 0.145. The number of pyridine rings is 1. The van der Waals surface area contributed by atoms with E-state index in [1.54, 1.807) is 18.3 Å². The Hall–Kier alpha value is -7.51. The standard InChI is InChI=1S/C55H46N6O/c1-34-25-26-56-51(27-34)61-47-20-12-9-15-39(47)42-24-23-37(31-50(42)61)62-38-29-35(55(2,3)4)28-36(30-38)59-33-60(49-22-14-13-21-48(49)59)54-52-43(40-16-7-10-18-45(40)57(52)5)32-44-41-17-8-11-19-46(41)58(6)53(44)54/h7-32H,33H2,1-6H3/i1D3. The third kappa shape index (κ3) is 5.34. The molecule has 0 bridgehead atoms. The molecule has 0 aliphatic carbocycles. The summed E-state index contributed by atoms with van der Waals surface area (Å²) in [6, 6.07) is 52.7. The van der Waals surface area contributed by atoms with Crippen LogP contribution in [0.5, 0.6) is 11.5 Å². The molecule has 0 unspecified atom stereocenters. The molecule has 0 atom stereocenters. The van der Waals surface area contributed by atoms with Gasteiger partial charge in [0, 0.05) is 85.6 Å². The summed E-state index contributed by atoms with van der Waals surface area (Å²) in [7, 11) is 4.39. The zero-order valence-electron chi connectivity index (χ0n) is 38.3.